The molecule has 0 aliphatic heterocycles. The van der Waals surface area contributed by atoms with Gasteiger partial charge >= 0.3 is 0 Å². The van der Waals surface area contributed by atoms with Gasteiger partial charge in [-0.2, -0.15) is 5.26 Å². The summed E-state index contributed by atoms with van der Waals surface area (Å²) in [5, 5.41) is 13.0. The van der Waals surface area contributed by atoms with Crippen molar-refractivity contribution in [2.45, 2.75) is 33.1 Å². The Labute approximate surface area is 123 Å². The molecule has 0 spiro atoms. The first-order valence-corrected chi connectivity index (χ1v) is 6.98. The number of nitriles is 1. The smallest absolute Gasteiger partial charge is 0.168 e. The van der Waals surface area contributed by atoms with Crippen LogP contribution in [0.25, 0.3) is 0 Å². The molecule has 1 heterocycles. The van der Waals surface area contributed by atoms with E-state index in [1.807, 2.05) is 18.2 Å². The molecule has 0 amide bonds. The molecule has 1 aromatic carbocycles. The van der Waals surface area contributed by atoms with Crippen LogP contribution in [-0.4, -0.2) is 10.9 Å². The summed E-state index contributed by atoms with van der Waals surface area (Å²) in [6.45, 7) is 4.14. The second-order valence-electron chi connectivity index (χ2n) is 6.36. The summed E-state index contributed by atoms with van der Waals surface area (Å²) in [5.74, 6) is 0.717. The zero-order valence-corrected chi connectivity index (χ0v) is 12.1. The van der Waals surface area contributed by atoms with Gasteiger partial charge in [0.1, 0.15) is 0 Å². The van der Waals surface area contributed by atoms with Crippen molar-refractivity contribution >= 4 is 5.78 Å². The van der Waals surface area contributed by atoms with Crippen LogP contribution in [0.4, 0.5) is 0 Å². The Bertz CT molecular complexity index is 750. The van der Waals surface area contributed by atoms with Crippen molar-refractivity contribution in [2.75, 3.05) is 0 Å². The van der Waals surface area contributed by atoms with Gasteiger partial charge in [0.05, 0.1) is 22.9 Å². The normalized spacial score (nSPS) is 16.3. The lowest BCUT2D eigenvalue weighted by molar-refractivity contribution is 0.0911. The lowest BCUT2D eigenvalue weighted by Crippen LogP contribution is -2.27. The minimum Gasteiger partial charge on any atom is -0.360 e. The van der Waals surface area contributed by atoms with E-state index in [-0.39, 0.29) is 11.2 Å². The minimum absolute atomic E-state index is 0.0566. The number of Topliss-reactive ketones (excluding diaryl/α,β-unsaturated/α-hetero) is 1. The standard InChI is InChI=1S/C17H16N2O2/c1-17(2)8-13-16(14(20)9-17)15(21-19-13)7-11-4-3-5-12(6-11)10-18/h3-6H,7-9H2,1-2H3. The number of rotatable bonds is 2. The van der Waals surface area contributed by atoms with Crippen LogP contribution in [0.15, 0.2) is 28.8 Å². The highest BCUT2D eigenvalue weighted by atomic mass is 16.5. The van der Waals surface area contributed by atoms with E-state index in [2.05, 4.69) is 25.1 Å². The fourth-order valence-electron chi connectivity index (χ4n) is 2.90. The second-order valence-corrected chi connectivity index (χ2v) is 6.36. The molecule has 3 rings (SSSR count). The largest absolute Gasteiger partial charge is 0.360 e. The first-order valence-electron chi connectivity index (χ1n) is 6.98. The van der Waals surface area contributed by atoms with Gasteiger partial charge in [0, 0.05) is 12.8 Å². The number of carbonyl (C=O) groups is 1. The first kappa shape index (κ1) is 13.6. The van der Waals surface area contributed by atoms with Crippen molar-refractivity contribution in [1.82, 2.24) is 5.16 Å². The van der Waals surface area contributed by atoms with Gasteiger partial charge in [-0.1, -0.05) is 31.1 Å². The molecular formula is C17H16N2O2. The number of hydrogen-bond acceptors (Lipinski definition) is 4. The molecule has 4 nitrogen and oxygen atoms in total. The maximum Gasteiger partial charge on any atom is 0.168 e. The van der Waals surface area contributed by atoms with Crippen LogP contribution in [0.3, 0.4) is 0 Å². The fraction of sp³-hybridized carbons (Fsp3) is 0.353. The molecule has 1 aliphatic rings. The van der Waals surface area contributed by atoms with Gasteiger partial charge in [0.15, 0.2) is 11.5 Å². The van der Waals surface area contributed by atoms with Gasteiger partial charge in [-0.05, 0) is 29.5 Å². The lowest BCUT2D eigenvalue weighted by atomic mass is 9.75. The Morgan fingerprint density at radius 3 is 2.95 bits per heavy atom. The predicted molar refractivity (Wildman–Crippen MR) is 76.9 cm³/mol. The summed E-state index contributed by atoms with van der Waals surface area (Å²) in [6, 6.07) is 9.44. The van der Waals surface area contributed by atoms with E-state index < -0.39 is 0 Å². The second kappa shape index (κ2) is 4.85. The summed E-state index contributed by atoms with van der Waals surface area (Å²) in [7, 11) is 0. The summed E-state index contributed by atoms with van der Waals surface area (Å²) >= 11 is 0. The number of fused-ring (bicyclic) bond motifs is 1. The van der Waals surface area contributed by atoms with Crippen molar-refractivity contribution in [2.24, 2.45) is 5.41 Å². The summed E-state index contributed by atoms with van der Waals surface area (Å²) in [6.07, 6.45) is 1.77. The van der Waals surface area contributed by atoms with Gasteiger partial charge < -0.3 is 4.52 Å². The van der Waals surface area contributed by atoms with Crippen LogP contribution in [0, 0.1) is 16.7 Å². The van der Waals surface area contributed by atoms with Crippen molar-refractivity contribution in [3.05, 3.63) is 52.4 Å². The molecule has 0 fully saturated rings. The van der Waals surface area contributed by atoms with Crippen LogP contribution in [0.1, 0.15) is 53.2 Å². The number of nitrogens with zero attached hydrogens (tertiary/aromatic N) is 2. The van der Waals surface area contributed by atoms with Crippen LogP contribution in [0.2, 0.25) is 0 Å². The van der Waals surface area contributed by atoms with Crippen molar-refractivity contribution in [3.8, 4) is 6.07 Å². The van der Waals surface area contributed by atoms with Gasteiger partial charge in [-0.25, -0.2) is 0 Å². The van der Waals surface area contributed by atoms with Crippen LogP contribution in [0.5, 0.6) is 0 Å². The Kier molecular flexibility index (Phi) is 3.13. The SMILES string of the molecule is CC1(C)CC(=O)c2c(noc2Cc2cccc(C#N)c2)C1. The zero-order valence-electron chi connectivity index (χ0n) is 12.1. The number of carbonyl (C=O) groups excluding carboxylic acids is 1. The molecule has 0 saturated heterocycles. The average molecular weight is 280 g/mol. The molecule has 106 valence electrons. The lowest BCUT2D eigenvalue weighted by Gasteiger charge is -2.26. The highest BCUT2D eigenvalue weighted by Crippen LogP contribution is 2.36. The number of ketones is 1. The molecule has 0 atom stereocenters. The molecule has 0 saturated carbocycles. The molecular weight excluding hydrogens is 264 g/mol. The molecule has 2 aromatic rings. The fourth-order valence-corrected chi connectivity index (χ4v) is 2.90. The maximum atomic E-state index is 12.3. The minimum atomic E-state index is -0.0566. The average Bonchev–Trinajstić information content (AvgIpc) is 2.80. The van der Waals surface area contributed by atoms with E-state index in [1.54, 1.807) is 6.07 Å². The van der Waals surface area contributed by atoms with E-state index in [1.165, 1.54) is 0 Å². The van der Waals surface area contributed by atoms with E-state index in [0.717, 1.165) is 17.7 Å². The summed E-state index contributed by atoms with van der Waals surface area (Å²) < 4.78 is 5.41. The monoisotopic (exact) mass is 280 g/mol. The molecule has 4 heteroatoms. The van der Waals surface area contributed by atoms with Gasteiger partial charge in [0.25, 0.3) is 0 Å². The summed E-state index contributed by atoms with van der Waals surface area (Å²) in [5.41, 5.74) is 2.91. The molecule has 0 N–H and O–H groups in total. The Morgan fingerprint density at radius 2 is 2.19 bits per heavy atom. The van der Waals surface area contributed by atoms with Crippen molar-refractivity contribution in [1.29, 1.82) is 5.26 Å². The Hall–Kier alpha value is -2.41. The molecule has 0 unspecified atom stereocenters. The third kappa shape index (κ3) is 2.59. The van der Waals surface area contributed by atoms with Crippen molar-refractivity contribution < 1.29 is 9.32 Å². The number of hydrogen-bond donors (Lipinski definition) is 0. The molecule has 1 aliphatic carbocycles. The van der Waals surface area contributed by atoms with Gasteiger partial charge in [-0.3, -0.25) is 4.79 Å². The molecule has 0 radical (unpaired) electrons. The van der Waals surface area contributed by atoms with E-state index in [0.29, 0.717) is 29.7 Å². The van der Waals surface area contributed by atoms with Gasteiger partial charge in [0.2, 0.25) is 0 Å². The van der Waals surface area contributed by atoms with Crippen molar-refractivity contribution in [3.63, 3.8) is 0 Å². The number of aromatic nitrogens is 1. The molecule has 0 bridgehead atoms. The first-order chi connectivity index (χ1) is 9.98. The van der Waals surface area contributed by atoms with Crippen LogP contribution in [-0.2, 0) is 12.8 Å². The Morgan fingerprint density at radius 1 is 1.38 bits per heavy atom. The van der Waals surface area contributed by atoms with Gasteiger partial charge in [-0.15, -0.1) is 0 Å². The highest BCUT2D eigenvalue weighted by Gasteiger charge is 2.35. The third-order valence-electron chi connectivity index (χ3n) is 3.82. The molecule has 21 heavy (non-hydrogen) atoms. The van der Waals surface area contributed by atoms with E-state index in [4.69, 9.17) is 9.78 Å². The zero-order chi connectivity index (χ0) is 15.0. The highest BCUT2D eigenvalue weighted by molar-refractivity contribution is 5.99. The predicted octanol–water partition coefficient (Wildman–Crippen LogP) is 3.29. The third-order valence-corrected chi connectivity index (χ3v) is 3.82. The Balaban J connectivity index is 1.94. The molecule has 1 aromatic heterocycles. The topological polar surface area (TPSA) is 66.9 Å². The van der Waals surface area contributed by atoms with Crippen LogP contribution < -0.4 is 0 Å². The number of benzene rings is 1. The van der Waals surface area contributed by atoms with E-state index in [9.17, 15) is 4.79 Å². The quantitative estimate of drug-likeness (QED) is 0.846. The maximum absolute atomic E-state index is 12.3. The van der Waals surface area contributed by atoms with Crippen LogP contribution >= 0.6 is 0 Å². The summed E-state index contributed by atoms with van der Waals surface area (Å²) in [4.78, 5) is 12.3. The van der Waals surface area contributed by atoms with E-state index >= 15 is 0 Å².